The monoisotopic (exact) mass is 375 g/mol. The summed E-state index contributed by atoms with van der Waals surface area (Å²) in [5.74, 6) is -2.00. The van der Waals surface area contributed by atoms with Crippen LogP contribution in [0.2, 0.25) is 0 Å². The van der Waals surface area contributed by atoms with Crippen LogP contribution in [0.4, 0.5) is 10.1 Å². The number of carboxylic acid groups (broad SMARTS) is 1. The molecule has 1 aromatic heterocycles. The fourth-order valence-corrected chi connectivity index (χ4v) is 3.88. The molecule has 0 radical (unpaired) electrons. The van der Waals surface area contributed by atoms with E-state index in [1.807, 2.05) is 11.8 Å². The largest absolute Gasteiger partial charge is 0.477 e. The molecule has 2 aliphatic rings. The number of aliphatic hydroxyl groups is 1. The number of aromatic carboxylic acids is 1. The van der Waals surface area contributed by atoms with Crippen molar-refractivity contribution in [1.29, 1.82) is 0 Å². The number of hydrogen-bond donors (Lipinski definition) is 3. The number of aliphatic hydroxyl groups excluding tert-OH is 1. The maximum Gasteiger partial charge on any atom is 0.341 e. The van der Waals surface area contributed by atoms with E-state index in [0.717, 1.165) is 12.8 Å². The van der Waals surface area contributed by atoms with Crippen molar-refractivity contribution in [1.82, 2.24) is 9.88 Å². The second-order valence-corrected chi connectivity index (χ2v) is 7.36. The van der Waals surface area contributed by atoms with E-state index in [1.54, 1.807) is 10.6 Å². The normalized spacial score (nSPS) is 20.3. The number of carboxylic acids is 1. The van der Waals surface area contributed by atoms with E-state index >= 15 is 4.39 Å². The van der Waals surface area contributed by atoms with Crippen LogP contribution in [0, 0.1) is 5.82 Å². The number of anilines is 1. The van der Waals surface area contributed by atoms with Crippen molar-refractivity contribution in [2.45, 2.75) is 38.5 Å². The van der Waals surface area contributed by atoms with Crippen LogP contribution in [0.25, 0.3) is 10.9 Å². The van der Waals surface area contributed by atoms with Crippen LogP contribution in [0.1, 0.15) is 41.7 Å². The molecule has 1 saturated carbocycles. The number of piperazine rings is 1. The Morgan fingerprint density at radius 3 is 2.74 bits per heavy atom. The van der Waals surface area contributed by atoms with Gasteiger partial charge >= 0.3 is 5.97 Å². The molecular weight excluding hydrogens is 353 g/mol. The quantitative estimate of drug-likeness (QED) is 0.749. The summed E-state index contributed by atoms with van der Waals surface area (Å²) in [7, 11) is 0. The van der Waals surface area contributed by atoms with Crippen molar-refractivity contribution >= 4 is 22.6 Å². The van der Waals surface area contributed by atoms with E-state index in [9.17, 15) is 19.8 Å². The van der Waals surface area contributed by atoms with E-state index in [1.165, 1.54) is 6.20 Å². The summed E-state index contributed by atoms with van der Waals surface area (Å²) in [6, 6.07) is 1.91. The highest BCUT2D eigenvalue weighted by Gasteiger charge is 2.30. The van der Waals surface area contributed by atoms with Crippen molar-refractivity contribution < 1.29 is 19.4 Å². The smallest absolute Gasteiger partial charge is 0.341 e. The van der Waals surface area contributed by atoms with E-state index in [4.69, 9.17) is 0 Å². The molecule has 2 aromatic rings. The molecule has 2 heterocycles. The summed E-state index contributed by atoms with van der Waals surface area (Å²) in [6.07, 6.45) is 3.11. The Hall–Kier alpha value is -2.45. The lowest BCUT2D eigenvalue weighted by molar-refractivity contribution is 0.0694. The van der Waals surface area contributed by atoms with Crippen molar-refractivity contribution in [3.8, 4) is 0 Å². The van der Waals surface area contributed by atoms with Gasteiger partial charge in [0, 0.05) is 43.5 Å². The van der Waals surface area contributed by atoms with Crippen LogP contribution in [0.3, 0.4) is 0 Å². The Morgan fingerprint density at radius 2 is 2.15 bits per heavy atom. The van der Waals surface area contributed by atoms with E-state index in [-0.39, 0.29) is 23.0 Å². The lowest BCUT2D eigenvalue weighted by atomic mass is 10.0. The first-order valence-corrected chi connectivity index (χ1v) is 9.15. The van der Waals surface area contributed by atoms with Crippen LogP contribution < -0.4 is 15.6 Å². The zero-order valence-electron chi connectivity index (χ0n) is 15.0. The summed E-state index contributed by atoms with van der Waals surface area (Å²) in [5.41, 5.74) is -0.447. The molecule has 3 N–H and O–H groups in total. The van der Waals surface area contributed by atoms with Gasteiger partial charge in [-0.15, -0.1) is 0 Å². The molecule has 1 aliphatic heterocycles. The number of nitrogens with one attached hydrogen (secondary N) is 1. The Kier molecular flexibility index (Phi) is 4.39. The topological polar surface area (TPSA) is 94.8 Å². The minimum Gasteiger partial charge on any atom is -0.477 e. The third-order valence-electron chi connectivity index (χ3n) is 5.38. The Bertz CT molecular complexity index is 983. The zero-order chi connectivity index (χ0) is 19.3. The number of carbonyl (C=O) groups is 1. The standard InChI is InChI=1S/C19H22FN3O4/c1-10-7-22(5-4-21-10)15-6-14-16(13(9-24)17(15)20)18(25)12(19(26)27)8-23(14)11-2-3-11/h6,8,10-11,21,24H,2-5,7,9H2,1H3,(H,26,27). The predicted molar refractivity (Wildman–Crippen MR) is 99.0 cm³/mol. The minimum absolute atomic E-state index is 0.0336. The lowest BCUT2D eigenvalue weighted by Crippen LogP contribution is -2.49. The van der Waals surface area contributed by atoms with Gasteiger partial charge in [0.05, 0.1) is 23.2 Å². The summed E-state index contributed by atoms with van der Waals surface area (Å²) in [4.78, 5) is 26.2. The molecule has 27 heavy (non-hydrogen) atoms. The maximum atomic E-state index is 15.3. The molecule has 4 rings (SSSR count). The molecule has 1 saturated heterocycles. The maximum absolute atomic E-state index is 15.3. The number of aromatic nitrogens is 1. The molecule has 1 aromatic carbocycles. The van der Waals surface area contributed by atoms with Gasteiger partial charge in [0.25, 0.3) is 0 Å². The summed E-state index contributed by atoms with van der Waals surface area (Å²) in [6.45, 7) is 3.27. The fourth-order valence-electron chi connectivity index (χ4n) is 3.88. The average Bonchev–Trinajstić information content (AvgIpc) is 3.46. The van der Waals surface area contributed by atoms with E-state index in [2.05, 4.69) is 5.32 Å². The van der Waals surface area contributed by atoms with Crippen LogP contribution in [0.15, 0.2) is 17.1 Å². The lowest BCUT2D eigenvalue weighted by Gasteiger charge is -2.34. The molecule has 0 bridgehead atoms. The van der Waals surface area contributed by atoms with Crippen molar-refractivity contribution in [2.24, 2.45) is 0 Å². The van der Waals surface area contributed by atoms with Gasteiger partial charge in [-0.1, -0.05) is 0 Å². The molecule has 0 amide bonds. The zero-order valence-corrected chi connectivity index (χ0v) is 15.0. The van der Waals surface area contributed by atoms with Crippen LogP contribution >= 0.6 is 0 Å². The Labute approximate surface area is 155 Å². The molecule has 1 unspecified atom stereocenters. The van der Waals surface area contributed by atoms with Crippen LogP contribution in [-0.2, 0) is 6.61 Å². The first kappa shape index (κ1) is 17.9. The molecule has 1 aliphatic carbocycles. The van der Waals surface area contributed by atoms with Crippen molar-refractivity contribution in [3.63, 3.8) is 0 Å². The van der Waals surface area contributed by atoms with Crippen LogP contribution in [0.5, 0.6) is 0 Å². The van der Waals surface area contributed by atoms with Crippen LogP contribution in [-0.4, -0.2) is 46.4 Å². The predicted octanol–water partition coefficient (Wildman–Crippen LogP) is 1.46. The van der Waals surface area contributed by atoms with Gasteiger partial charge in [-0.3, -0.25) is 4.79 Å². The highest BCUT2D eigenvalue weighted by Crippen LogP contribution is 2.39. The Morgan fingerprint density at radius 1 is 1.41 bits per heavy atom. The summed E-state index contributed by atoms with van der Waals surface area (Å²) in [5, 5.41) is 22.5. The van der Waals surface area contributed by atoms with E-state index < -0.39 is 29.4 Å². The molecule has 1 atom stereocenters. The van der Waals surface area contributed by atoms with Crippen molar-refractivity contribution in [3.05, 3.63) is 39.4 Å². The van der Waals surface area contributed by atoms with Crippen molar-refractivity contribution in [2.75, 3.05) is 24.5 Å². The molecule has 8 heteroatoms. The third-order valence-corrected chi connectivity index (χ3v) is 5.38. The highest BCUT2D eigenvalue weighted by molar-refractivity contribution is 5.95. The first-order valence-electron chi connectivity index (χ1n) is 9.15. The number of rotatable bonds is 4. The van der Waals surface area contributed by atoms with Gasteiger partial charge < -0.3 is 25.0 Å². The third kappa shape index (κ3) is 2.98. The average molecular weight is 375 g/mol. The summed E-state index contributed by atoms with van der Waals surface area (Å²) < 4.78 is 17.0. The number of fused-ring (bicyclic) bond motifs is 1. The molecule has 144 valence electrons. The Balaban J connectivity index is 2.02. The number of nitrogens with zero attached hydrogens (tertiary/aromatic N) is 2. The number of pyridine rings is 1. The number of hydrogen-bond acceptors (Lipinski definition) is 5. The molecule has 0 spiro atoms. The van der Waals surface area contributed by atoms with Gasteiger partial charge in [0.15, 0.2) is 5.82 Å². The van der Waals surface area contributed by atoms with Gasteiger partial charge in [-0.05, 0) is 25.8 Å². The van der Waals surface area contributed by atoms with Gasteiger partial charge in [-0.25, -0.2) is 9.18 Å². The van der Waals surface area contributed by atoms with E-state index in [0.29, 0.717) is 30.8 Å². The second-order valence-electron chi connectivity index (χ2n) is 7.36. The van der Waals surface area contributed by atoms with Gasteiger partial charge in [-0.2, -0.15) is 0 Å². The molecule has 7 nitrogen and oxygen atoms in total. The van der Waals surface area contributed by atoms with Gasteiger partial charge in [0.2, 0.25) is 5.43 Å². The molecule has 2 fully saturated rings. The molecular formula is C19H22FN3O4. The van der Waals surface area contributed by atoms with Gasteiger partial charge in [0.1, 0.15) is 5.56 Å². The SMILES string of the molecule is CC1CN(c2cc3c(c(CO)c2F)c(=O)c(C(=O)O)cn3C2CC2)CCN1. The number of halogens is 1. The first-order chi connectivity index (χ1) is 12.9. The second kappa shape index (κ2) is 6.61. The summed E-state index contributed by atoms with van der Waals surface area (Å²) >= 11 is 0. The number of benzene rings is 1. The highest BCUT2D eigenvalue weighted by atomic mass is 19.1. The minimum atomic E-state index is -1.35. The fraction of sp³-hybridized carbons (Fsp3) is 0.474.